The van der Waals surface area contributed by atoms with E-state index in [-0.39, 0.29) is 47.9 Å². The van der Waals surface area contributed by atoms with Crippen molar-refractivity contribution in [2.45, 2.75) is 69.7 Å². The molecule has 5 aromatic heterocycles. The number of imidazole rings is 1. The summed E-state index contributed by atoms with van der Waals surface area (Å²) in [5.74, 6) is 7.45. The van der Waals surface area contributed by atoms with Crippen LogP contribution in [0.5, 0.6) is 0 Å². The van der Waals surface area contributed by atoms with Crippen LogP contribution >= 0.6 is 0 Å². The molecule has 0 aromatic carbocycles. The zero-order chi connectivity index (χ0) is 41.1. The van der Waals surface area contributed by atoms with E-state index in [0.717, 1.165) is 63.2 Å². The third-order valence-corrected chi connectivity index (χ3v) is 12.4. The Labute approximate surface area is 343 Å². The quantitative estimate of drug-likeness (QED) is 0.196. The van der Waals surface area contributed by atoms with E-state index >= 15 is 0 Å². The standard InChI is InChI=1S/C41H44F2N12O5/c1-24-19-50(8-5-32(24)59-12-2-3-25-4-9-51-34(15-25)44-18-36(51)52-10-7-35(56)48-41(52)58)20-26-13-27(14-26)55-22-31(37(49-55)38(42)43)46-40(57)30-17-45-54-11-6-33(47-39(30)54)53-21-29-16-28(53)23-60-29/h4,6,9,11,15,17-18,22,24,26-29,32,38H,5,7-8,10,12-14,16,19-21,23H2,1H3,(H,46,57)(H,48,56,58)/t24-,26?,27?,28+,29+,32-/m0/s1. The lowest BCUT2D eigenvalue weighted by molar-refractivity contribution is -0.120. The molecule has 2 N–H and O–H groups in total. The number of hydrogen-bond acceptors (Lipinski definition) is 11. The summed E-state index contributed by atoms with van der Waals surface area (Å²) >= 11 is 0. The first kappa shape index (κ1) is 38.2. The van der Waals surface area contributed by atoms with Crippen molar-refractivity contribution in [3.05, 3.63) is 66.0 Å². The molecule has 4 atom stereocenters. The number of anilines is 3. The number of aromatic nitrogens is 7. The molecule has 60 heavy (non-hydrogen) atoms. The van der Waals surface area contributed by atoms with Gasteiger partial charge in [-0.2, -0.15) is 10.2 Å². The van der Waals surface area contributed by atoms with Gasteiger partial charge in [-0.1, -0.05) is 18.8 Å². The number of amides is 4. The summed E-state index contributed by atoms with van der Waals surface area (Å²) in [4.78, 5) is 52.6. The first-order chi connectivity index (χ1) is 29.1. The van der Waals surface area contributed by atoms with Gasteiger partial charge in [-0.05, 0) is 55.7 Å². The third kappa shape index (κ3) is 7.32. The Morgan fingerprint density at radius 3 is 2.78 bits per heavy atom. The lowest BCUT2D eigenvalue weighted by Crippen LogP contribution is -2.50. The molecule has 10 rings (SSSR count). The maximum Gasteiger partial charge on any atom is 0.329 e. The molecule has 17 nitrogen and oxygen atoms in total. The van der Waals surface area contributed by atoms with Crippen LogP contribution in [0.4, 0.5) is 30.9 Å². The average Bonchev–Trinajstić information content (AvgIpc) is 4.07. The van der Waals surface area contributed by atoms with E-state index in [9.17, 15) is 23.2 Å². The Bertz CT molecular complexity index is 2540. The molecule has 5 aromatic rings. The third-order valence-electron chi connectivity index (χ3n) is 12.4. The zero-order valence-corrected chi connectivity index (χ0v) is 32.9. The van der Waals surface area contributed by atoms with Gasteiger partial charge in [-0.25, -0.2) is 28.1 Å². The number of ether oxygens (including phenoxy) is 2. The Hall–Kier alpha value is -5.97. The summed E-state index contributed by atoms with van der Waals surface area (Å²) in [7, 11) is 0. The van der Waals surface area contributed by atoms with E-state index in [4.69, 9.17) is 14.5 Å². The summed E-state index contributed by atoms with van der Waals surface area (Å²) in [5, 5.41) is 13.5. The van der Waals surface area contributed by atoms with E-state index in [2.05, 4.69) is 54.4 Å². The van der Waals surface area contributed by atoms with E-state index in [1.807, 2.05) is 24.4 Å². The Balaban J connectivity index is 0.695. The molecule has 312 valence electrons. The van der Waals surface area contributed by atoms with Crippen molar-refractivity contribution < 1.29 is 32.6 Å². The van der Waals surface area contributed by atoms with Crippen molar-refractivity contribution in [2.75, 3.05) is 61.1 Å². The number of hydrogen-bond donors (Lipinski definition) is 2. The Morgan fingerprint density at radius 2 is 2.00 bits per heavy atom. The van der Waals surface area contributed by atoms with Crippen LogP contribution in [0.25, 0.3) is 11.3 Å². The minimum Gasteiger partial charge on any atom is -0.374 e. The monoisotopic (exact) mass is 822 g/mol. The summed E-state index contributed by atoms with van der Waals surface area (Å²) < 4.78 is 45.2. The SMILES string of the molecule is C[C@H]1CN(CC2CC(n3cc(NC(=O)c4cnn5ccc(N6C[C@H]7C[C@@H]6CO7)nc45)c(C(F)F)n3)C2)CC[C@@H]1OCC#Cc1ccn2c(N3CCC(=O)NC3=O)cnc2c1. The summed E-state index contributed by atoms with van der Waals surface area (Å²) in [6.07, 6.45) is 9.19. The molecule has 0 radical (unpaired) electrons. The number of fused-ring (bicyclic) bond motifs is 4. The number of carbonyl (C=O) groups excluding carboxylic acids is 3. The lowest BCUT2D eigenvalue weighted by atomic mass is 9.79. The number of urea groups is 1. The molecule has 1 saturated carbocycles. The second-order valence-electron chi connectivity index (χ2n) is 16.5. The van der Waals surface area contributed by atoms with Gasteiger partial charge in [0, 0.05) is 63.3 Å². The van der Waals surface area contributed by atoms with Gasteiger partial charge < -0.3 is 24.6 Å². The molecule has 9 heterocycles. The molecule has 5 fully saturated rings. The molecule has 2 bridgehead atoms. The number of nitrogens with zero attached hydrogens (tertiary/aromatic N) is 10. The fraction of sp³-hybridized carbons (Fsp3) is 0.488. The second-order valence-corrected chi connectivity index (χ2v) is 16.5. The number of alkyl halides is 2. The largest absolute Gasteiger partial charge is 0.374 e. The average molecular weight is 823 g/mol. The lowest BCUT2D eigenvalue weighted by Gasteiger charge is -2.42. The molecule has 1 aliphatic carbocycles. The number of morpholine rings is 1. The van der Waals surface area contributed by atoms with Crippen molar-refractivity contribution in [3.8, 4) is 11.8 Å². The highest BCUT2D eigenvalue weighted by Gasteiger charge is 2.40. The van der Waals surface area contributed by atoms with Gasteiger partial charge in [0.2, 0.25) is 5.91 Å². The smallest absolute Gasteiger partial charge is 0.329 e. The van der Waals surface area contributed by atoms with Gasteiger partial charge in [-0.15, -0.1) is 0 Å². The zero-order valence-electron chi connectivity index (χ0n) is 32.9. The summed E-state index contributed by atoms with van der Waals surface area (Å²) in [6.45, 7) is 6.86. The number of likely N-dealkylation sites (tertiary alicyclic amines) is 1. The van der Waals surface area contributed by atoms with E-state index < -0.39 is 24.1 Å². The summed E-state index contributed by atoms with van der Waals surface area (Å²) in [5.41, 5.74) is 1.50. The van der Waals surface area contributed by atoms with Crippen molar-refractivity contribution >= 4 is 46.5 Å². The van der Waals surface area contributed by atoms with E-state index in [1.54, 1.807) is 21.5 Å². The van der Waals surface area contributed by atoms with Gasteiger partial charge in [0.1, 0.15) is 29.5 Å². The van der Waals surface area contributed by atoms with Crippen molar-refractivity contribution in [2.24, 2.45) is 11.8 Å². The Kier molecular flexibility index (Phi) is 9.92. The van der Waals surface area contributed by atoms with E-state index in [1.165, 1.54) is 21.8 Å². The van der Waals surface area contributed by atoms with Crippen LogP contribution in [0.3, 0.4) is 0 Å². The van der Waals surface area contributed by atoms with Gasteiger partial charge in [0.15, 0.2) is 11.3 Å². The molecule has 4 amide bonds. The first-order valence-electron chi connectivity index (χ1n) is 20.5. The number of rotatable bonds is 10. The highest BCUT2D eigenvalue weighted by Crippen LogP contribution is 2.40. The van der Waals surface area contributed by atoms with Crippen LogP contribution in [-0.2, 0) is 14.3 Å². The van der Waals surface area contributed by atoms with Crippen molar-refractivity contribution in [1.29, 1.82) is 0 Å². The van der Waals surface area contributed by atoms with Gasteiger partial charge in [0.05, 0.1) is 49.0 Å². The maximum atomic E-state index is 14.2. The predicted octanol–water partition coefficient (Wildman–Crippen LogP) is 3.92. The van der Waals surface area contributed by atoms with Crippen molar-refractivity contribution in [3.63, 3.8) is 0 Å². The fourth-order valence-corrected chi connectivity index (χ4v) is 9.27. The number of imide groups is 1. The minimum absolute atomic E-state index is 0.0124. The molecule has 4 saturated heterocycles. The van der Waals surface area contributed by atoms with Crippen LogP contribution in [0.2, 0.25) is 0 Å². The number of nitrogens with one attached hydrogen (secondary N) is 2. The number of carbonyl (C=O) groups is 3. The number of piperidine rings is 1. The molecular formula is C41H44F2N12O5. The second kappa shape index (κ2) is 15.6. The predicted molar refractivity (Wildman–Crippen MR) is 213 cm³/mol. The number of halogens is 2. The topological polar surface area (TPSA) is 169 Å². The molecular weight excluding hydrogens is 779 g/mol. The maximum absolute atomic E-state index is 14.2. The van der Waals surface area contributed by atoms with Gasteiger partial charge in [-0.3, -0.25) is 28.9 Å². The van der Waals surface area contributed by atoms with Crippen molar-refractivity contribution in [1.82, 2.24) is 44.0 Å². The molecule has 4 aliphatic heterocycles. The highest BCUT2D eigenvalue weighted by atomic mass is 19.3. The van der Waals surface area contributed by atoms with Crippen LogP contribution < -0.4 is 20.4 Å². The molecule has 5 aliphatic rings. The number of pyridine rings is 1. The summed E-state index contributed by atoms with van der Waals surface area (Å²) in [6, 6.07) is 5.32. The normalized spacial score (nSPS) is 25.5. The van der Waals surface area contributed by atoms with Crippen LogP contribution in [0, 0.1) is 23.7 Å². The van der Waals surface area contributed by atoms with Crippen LogP contribution in [0.1, 0.15) is 73.1 Å². The first-order valence-corrected chi connectivity index (χ1v) is 20.5. The fourth-order valence-electron chi connectivity index (χ4n) is 9.27. The van der Waals surface area contributed by atoms with Gasteiger partial charge in [0.25, 0.3) is 12.3 Å². The molecule has 19 heteroatoms. The Morgan fingerprint density at radius 1 is 1.12 bits per heavy atom. The molecule has 0 unspecified atom stereocenters. The van der Waals surface area contributed by atoms with Crippen LogP contribution in [-0.4, -0.2) is 121 Å². The van der Waals surface area contributed by atoms with Gasteiger partial charge >= 0.3 is 6.03 Å². The molecule has 0 spiro atoms. The minimum atomic E-state index is -2.86. The van der Waals surface area contributed by atoms with Crippen LogP contribution in [0.15, 0.2) is 49.2 Å². The highest BCUT2D eigenvalue weighted by molar-refractivity contribution is 6.08. The van der Waals surface area contributed by atoms with E-state index in [0.29, 0.717) is 48.7 Å².